The minimum Gasteiger partial charge on any atom is -0.439 e. The molecule has 0 saturated heterocycles. The fourth-order valence-electron chi connectivity index (χ4n) is 2.02. The minimum absolute atomic E-state index is 0.334. The first-order chi connectivity index (χ1) is 10.7. The maximum absolute atomic E-state index is 7.23. The van der Waals surface area contributed by atoms with Crippen LogP contribution in [0.1, 0.15) is 0 Å². The summed E-state index contributed by atoms with van der Waals surface area (Å²) < 4.78 is 7.12. The number of rotatable bonds is 3. The molecule has 0 spiro atoms. The van der Waals surface area contributed by atoms with E-state index in [4.69, 9.17) is 17.0 Å². The normalized spacial score (nSPS) is 10.2. The predicted molar refractivity (Wildman–Crippen MR) is 83.6 cm³/mol. The van der Waals surface area contributed by atoms with Crippen molar-refractivity contribution in [3.05, 3.63) is 60.1 Å². The van der Waals surface area contributed by atoms with Crippen molar-refractivity contribution in [2.24, 2.45) is 7.05 Å². The van der Waals surface area contributed by atoms with Gasteiger partial charge in [-0.1, -0.05) is 18.2 Å². The third-order valence-electron chi connectivity index (χ3n) is 3.15. The first-order valence-corrected chi connectivity index (χ1v) is 6.58. The van der Waals surface area contributed by atoms with E-state index < -0.39 is 0 Å². The molecule has 0 saturated carbocycles. The van der Waals surface area contributed by atoms with E-state index in [0.717, 1.165) is 5.56 Å². The molecule has 0 bridgehead atoms. The van der Waals surface area contributed by atoms with Crippen LogP contribution >= 0.6 is 0 Å². The van der Waals surface area contributed by atoms with Gasteiger partial charge in [-0.3, -0.25) is 4.68 Å². The zero-order valence-electron chi connectivity index (χ0n) is 11.9. The Balaban J connectivity index is 1.89. The number of benzene rings is 1. The molecule has 2 N–H and O–H groups in total. The summed E-state index contributed by atoms with van der Waals surface area (Å²) in [6.07, 6.45) is 1.62. The maximum Gasteiger partial charge on any atom is 0.254 e. The molecule has 0 radical (unpaired) electrons. The minimum atomic E-state index is 0.334. The molecule has 0 aliphatic rings. The molecule has 6 nitrogen and oxygen atoms in total. The molecule has 2 aromatic heterocycles. The van der Waals surface area contributed by atoms with Gasteiger partial charge in [-0.15, -0.1) is 0 Å². The number of hydrogen-bond acceptors (Lipinski definition) is 4. The Bertz CT molecular complexity index is 831. The van der Waals surface area contributed by atoms with Crippen LogP contribution in [0.2, 0.25) is 0 Å². The Hall–Kier alpha value is -3.33. The topological polar surface area (TPSA) is 70.3 Å². The third kappa shape index (κ3) is 2.47. The molecule has 3 rings (SSSR count). The van der Waals surface area contributed by atoms with Crippen molar-refractivity contribution in [3.63, 3.8) is 0 Å². The zero-order valence-corrected chi connectivity index (χ0v) is 11.9. The monoisotopic (exact) mass is 291 g/mol. The number of para-hydroxylation sites is 1. The first-order valence-electron chi connectivity index (χ1n) is 6.58. The Labute approximate surface area is 127 Å². The lowest BCUT2D eigenvalue weighted by molar-refractivity contribution is 0.463. The standard InChI is InChI=1S/C16H13N5O/c1-18-15-14(20-21(2)16(15)17)11-8-9-13(19-10-11)22-12-6-4-3-5-7-12/h3-10H,17H2,2H3. The van der Waals surface area contributed by atoms with Gasteiger partial charge in [-0.2, -0.15) is 5.10 Å². The smallest absolute Gasteiger partial charge is 0.254 e. The Morgan fingerprint density at radius 1 is 1.18 bits per heavy atom. The number of pyridine rings is 1. The first kappa shape index (κ1) is 13.6. The average Bonchev–Trinajstić information content (AvgIpc) is 2.84. The highest BCUT2D eigenvalue weighted by molar-refractivity contribution is 5.82. The SMILES string of the molecule is [C-]#[N+]c1c(-c2ccc(Oc3ccccc3)nc2)nn(C)c1N. The summed E-state index contributed by atoms with van der Waals surface area (Å²) in [5.41, 5.74) is 7.40. The van der Waals surface area contributed by atoms with Gasteiger partial charge in [0.1, 0.15) is 17.3 Å². The van der Waals surface area contributed by atoms with Crippen LogP contribution in [0.25, 0.3) is 16.1 Å². The second-order valence-electron chi connectivity index (χ2n) is 4.62. The zero-order chi connectivity index (χ0) is 15.5. The van der Waals surface area contributed by atoms with Crippen LogP contribution in [0.15, 0.2) is 48.7 Å². The summed E-state index contributed by atoms with van der Waals surface area (Å²) in [6.45, 7) is 7.23. The van der Waals surface area contributed by atoms with Gasteiger partial charge in [-0.25, -0.2) is 9.83 Å². The van der Waals surface area contributed by atoms with Crippen molar-refractivity contribution < 1.29 is 4.74 Å². The van der Waals surface area contributed by atoms with Crippen LogP contribution in [0.4, 0.5) is 11.5 Å². The number of aromatic nitrogens is 3. The van der Waals surface area contributed by atoms with Crippen LogP contribution in [-0.2, 0) is 7.05 Å². The number of nitrogens with zero attached hydrogens (tertiary/aromatic N) is 4. The van der Waals surface area contributed by atoms with Crippen LogP contribution < -0.4 is 10.5 Å². The van der Waals surface area contributed by atoms with Crippen LogP contribution in [0, 0.1) is 6.57 Å². The number of anilines is 1. The number of hydrogen-bond donors (Lipinski definition) is 1. The van der Waals surface area contributed by atoms with Gasteiger partial charge in [0, 0.05) is 24.9 Å². The summed E-state index contributed by atoms with van der Waals surface area (Å²) in [4.78, 5) is 7.69. The van der Waals surface area contributed by atoms with E-state index in [1.807, 2.05) is 36.4 Å². The van der Waals surface area contributed by atoms with Crippen molar-refractivity contribution in [1.29, 1.82) is 0 Å². The molecule has 6 heteroatoms. The molecule has 1 aromatic carbocycles. The lowest BCUT2D eigenvalue weighted by Crippen LogP contribution is -1.96. The van der Waals surface area contributed by atoms with Gasteiger partial charge < -0.3 is 10.5 Å². The highest BCUT2D eigenvalue weighted by Gasteiger charge is 2.16. The number of ether oxygens (including phenoxy) is 1. The van der Waals surface area contributed by atoms with Gasteiger partial charge in [-0.05, 0) is 18.2 Å². The quantitative estimate of drug-likeness (QED) is 0.751. The fourth-order valence-corrected chi connectivity index (χ4v) is 2.02. The molecule has 22 heavy (non-hydrogen) atoms. The van der Waals surface area contributed by atoms with E-state index in [0.29, 0.717) is 28.8 Å². The van der Waals surface area contributed by atoms with Gasteiger partial charge in [0.25, 0.3) is 5.69 Å². The molecule has 0 fully saturated rings. The van der Waals surface area contributed by atoms with Gasteiger partial charge >= 0.3 is 0 Å². The molecule has 0 aliphatic carbocycles. The van der Waals surface area contributed by atoms with E-state index in [1.54, 1.807) is 19.3 Å². The van der Waals surface area contributed by atoms with Crippen molar-refractivity contribution in [3.8, 4) is 22.9 Å². The average molecular weight is 291 g/mol. The van der Waals surface area contributed by atoms with Gasteiger partial charge in [0.15, 0.2) is 0 Å². The van der Waals surface area contributed by atoms with E-state index in [1.165, 1.54) is 4.68 Å². The fraction of sp³-hybridized carbons (Fsp3) is 0.0625. The van der Waals surface area contributed by atoms with Crippen LogP contribution in [0.3, 0.4) is 0 Å². The Morgan fingerprint density at radius 2 is 1.95 bits per heavy atom. The second-order valence-corrected chi connectivity index (χ2v) is 4.62. The molecular weight excluding hydrogens is 278 g/mol. The van der Waals surface area contributed by atoms with E-state index >= 15 is 0 Å². The van der Waals surface area contributed by atoms with Gasteiger partial charge in [0.05, 0.1) is 6.57 Å². The summed E-state index contributed by atoms with van der Waals surface area (Å²) in [5, 5.41) is 4.26. The maximum atomic E-state index is 7.23. The lowest BCUT2D eigenvalue weighted by atomic mass is 10.2. The van der Waals surface area contributed by atoms with Crippen molar-refractivity contribution in [2.75, 3.05) is 5.73 Å². The molecule has 0 amide bonds. The predicted octanol–water partition coefficient (Wildman–Crippen LogP) is 3.41. The van der Waals surface area contributed by atoms with E-state index in [-0.39, 0.29) is 0 Å². The molecule has 2 heterocycles. The summed E-state index contributed by atoms with van der Waals surface area (Å²) in [7, 11) is 1.70. The van der Waals surface area contributed by atoms with Crippen LogP contribution in [0.5, 0.6) is 11.6 Å². The molecule has 0 unspecified atom stereocenters. The van der Waals surface area contributed by atoms with Gasteiger partial charge in [0.2, 0.25) is 5.88 Å². The van der Waals surface area contributed by atoms with Crippen molar-refractivity contribution in [1.82, 2.24) is 14.8 Å². The number of nitrogen functional groups attached to an aromatic ring is 1. The summed E-state index contributed by atoms with van der Waals surface area (Å²) >= 11 is 0. The van der Waals surface area contributed by atoms with Crippen molar-refractivity contribution in [2.45, 2.75) is 0 Å². The van der Waals surface area contributed by atoms with E-state index in [2.05, 4.69) is 14.9 Å². The second kappa shape index (κ2) is 5.58. The van der Waals surface area contributed by atoms with Crippen LogP contribution in [-0.4, -0.2) is 14.8 Å². The largest absolute Gasteiger partial charge is 0.439 e. The highest BCUT2D eigenvalue weighted by atomic mass is 16.5. The summed E-state index contributed by atoms with van der Waals surface area (Å²) in [6, 6.07) is 13.0. The molecule has 0 aliphatic heterocycles. The summed E-state index contributed by atoms with van der Waals surface area (Å²) in [5.74, 6) is 1.53. The molecule has 108 valence electrons. The highest BCUT2D eigenvalue weighted by Crippen LogP contribution is 2.34. The number of aryl methyl sites for hydroxylation is 1. The third-order valence-corrected chi connectivity index (χ3v) is 3.15. The number of nitrogens with two attached hydrogens (primary N) is 1. The lowest BCUT2D eigenvalue weighted by Gasteiger charge is -2.04. The molecule has 3 aromatic rings. The van der Waals surface area contributed by atoms with E-state index in [9.17, 15) is 0 Å². The Morgan fingerprint density at radius 3 is 2.59 bits per heavy atom. The molecule has 0 atom stereocenters. The molecular formula is C16H13N5O. The van der Waals surface area contributed by atoms with Crippen molar-refractivity contribution >= 4 is 11.5 Å². The Kier molecular flexibility index (Phi) is 3.46.